The Kier molecular flexibility index (Phi) is 5.59. The summed E-state index contributed by atoms with van der Waals surface area (Å²) in [5, 5.41) is 2.70. The van der Waals surface area contributed by atoms with Gasteiger partial charge in [-0.2, -0.15) is 13.2 Å². The number of thiocarbonyl (C=S) groups is 1. The van der Waals surface area contributed by atoms with Gasteiger partial charge in [0, 0.05) is 17.0 Å². The molecule has 0 radical (unpaired) electrons. The number of fused-ring (bicyclic) bond motifs is 1. The van der Waals surface area contributed by atoms with Gasteiger partial charge in [0.05, 0.1) is 17.5 Å². The summed E-state index contributed by atoms with van der Waals surface area (Å²) in [4.78, 5) is 27.0. The van der Waals surface area contributed by atoms with Gasteiger partial charge in [-0.25, -0.2) is 0 Å². The number of aromatic amines is 1. The normalized spacial score (nSPS) is 15.5. The smallest absolute Gasteiger partial charge is 0.431 e. The van der Waals surface area contributed by atoms with E-state index in [-0.39, 0.29) is 16.8 Å². The van der Waals surface area contributed by atoms with Crippen molar-refractivity contribution in [2.45, 2.75) is 13.1 Å². The van der Waals surface area contributed by atoms with Crippen LogP contribution in [0.5, 0.6) is 5.75 Å². The average Bonchev–Trinajstić information content (AvgIpc) is 3.04. The summed E-state index contributed by atoms with van der Waals surface area (Å²) in [5.74, 6) is 0.194. The van der Waals surface area contributed by atoms with Crippen LogP contribution in [0.1, 0.15) is 16.8 Å². The van der Waals surface area contributed by atoms with Crippen LogP contribution in [-0.2, 0) is 11.0 Å². The first-order valence-corrected chi connectivity index (χ1v) is 10.5. The minimum Gasteiger partial charge on any atom is -0.496 e. The van der Waals surface area contributed by atoms with Crippen LogP contribution in [-0.4, -0.2) is 22.3 Å². The van der Waals surface area contributed by atoms with Crippen LogP contribution in [0.4, 0.5) is 13.2 Å². The van der Waals surface area contributed by atoms with Crippen LogP contribution in [0.2, 0.25) is 0 Å². The maximum absolute atomic E-state index is 13.2. The average molecular weight is 477 g/mol. The molecule has 0 unspecified atom stereocenters. The number of ether oxygens (including phenoxy) is 1. The summed E-state index contributed by atoms with van der Waals surface area (Å²) in [6, 6.07) is 8.83. The van der Waals surface area contributed by atoms with Gasteiger partial charge in [0.2, 0.25) is 0 Å². The molecule has 0 bridgehead atoms. The molecule has 1 amide bonds. The van der Waals surface area contributed by atoms with Gasteiger partial charge >= 0.3 is 6.18 Å². The molecule has 1 aromatic heterocycles. The van der Waals surface area contributed by atoms with Gasteiger partial charge in [-0.15, -0.1) is 0 Å². The number of halogens is 3. The van der Waals surface area contributed by atoms with E-state index in [0.717, 1.165) is 11.8 Å². The molecule has 164 valence electrons. The maximum atomic E-state index is 13.2. The number of thioether (sulfide) groups is 1. The van der Waals surface area contributed by atoms with E-state index in [2.05, 4.69) is 10.3 Å². The number of carbonyl (C=O) groups excluding carboxylic acids is 1. The maximum Gasteiger partial charge on any atom is 0.431 e. The lowest BCUT2D eigenvalue weighted by molar-refractivity contribution is -0.141. The van der Waals surface area contributed by atoms with E-state index >= 15 is 0 Å². The van der Waals surface area contributed by atoms with E-state index in [9.17, 15) is 22.8 Å². The highest BCUT2D eigenvalue weighted by atomic mass is 32.2. The molecule has 0 aliphatic carbocycles. The van der Waals surface area contributed by atoms with Crippen LogP contribution < -0.4 is 15.5 Å². The van der Waals surface area contributed by atoms with Crippen LogP contribution in [0.3, 0.4) is 0 Å². The van der Waals surface area contributed by atoms with E-state index in [1.165, 1.54) is 13.2 Å². The predicted molar refractivity (Wildman–Crippen MR) is 123 cm³/mol. The number of hydrogen-bond acceptors (Lipinski definition) is 5. The first-order chi connectivity index (χ1) is 15.1. The Morgan fingerprint density at radius 2 is 1.84 bits per heavy atom. The molecule has 1 fully saturated rings. The fraction of sp³-hybridized carbons (Fsp3) is 0.136. The number of aromatic nitrogens is 1. The Labute approximate surface area is 189 Å². The summed E-state index contributed by atoms with van der Waals surface area (Å²) in [6.07, 6.45) is -3.01. The molecule has 0 atom stereocenters. The van der Waals surface area contributed by atoms with Crippen molar-refractivity contribution in [3.05, 3.63) is 68.3 Å². The van der Waals surface area contributed by atoms with Crippen LogP contribution >= 0.6 is 24.0 Å². The number of methoxy groups -OCH3 is 1. The molecule has 10 heteroatoms. The quantitative estimate of drug-likeness (QED) is 0.410. The summed E-state index contributed by atoms with van der Waals surface area (Å²) < 4.78 is 45.4. The molecule has 32 heavy (non-hydrogen) atoms. The second-order valence-corrected chi connectivity index (χ2v) is 8.79. The van der Waals surface area contributed by atoms with Crippen molar-refractivity contribution in [3.8, 4) is 16.9 Å². The summed E-state index contributed by atoms with van der Waals surface area (Å²) >= 11 is 6.15. The highest BCUT2D eigenvalue weighted by Crippen LogP contribution is 2.37. The van der Waals surface area contributed by atoms with E-state index in [1.807, 2.05) is 0 Å². The first kappa shape index (κ1) is 22.1. The van der Waals surface area contributed by atoms with Gasteiger partial charge in [0.15, 0.2) is 5.43 Å². The van der Waals surface area contributed by atoms with Crippen molar-refractivity contribution in [2.75, 3.05) is 7.11 Å². The Hall–Kier alpha value is -3.11. The monoisotopic (exact) mass is 476 g/mol. The lowest BCUT2D eigenvalue weighted by Crippen LogP contribution is -2.17. The summed E-state index contributed by atoms with van der Waals surface area (Å²) in [7, 11) is 1.48. The third kappa shape index (κ3) is 4.15. The van der Waals surface area contributed by atoms with Gasteiger partial charge in [0.25, 0.3) is 5.91 Å². The zero-order valence-corrected chi connectivity index (χ0v) is 18.3. The molecule has 5 nitrogen and oxygen atoms in total. The third-order valence-corrected chi connectivity index (χ3v) is 6.10. The summed E-state index contributed by atoms with van der Waals surface area (Å²) in [6.45, 7) is 1.76. The van der Waals surface area contributed by atoms with Gasteiger partial charge in [0.1, 0.15) is 15.8 Å². The lowest BCUT2D eigenvalue weighted by Gasteiger charge is -2.14. The first-order valence-electron chi connectivity index (χ1n) is 9.25. The Morgan fingerprint density at radius 3 is 2.47 bits per heavy atom. The van der Waals surface area contributed by atoms with E-state index in [1.54, 1.807) is 37.3 Å². The van der Waals surface area contributed by atoms with Crippen molar-refractivity contribution in [1.82, 2.24) is 10.3 Å². The molecule has 1 aliphatic rings. The van der Waals surface area contributed by atoms with Gasteiger partial charge in [-0.3, -0.25) is 9.59 Å². The highest BCUT2D eigenvalue weighted by Gasteiger charge is 2.32. The number of rotatable bonds is 3. The molecule has 2 aromatic carbocycles. The molecule has 0 spiro atoms. The van der Waals surface area contributed by atoms with Crippen molar-refractivity contribution >= 4 is 51.2 Å². The Balaban J connectivity index is 1.90. The summed E-state index contributed by atoms with van der Waals surface area (Å²) in [5.41, 5.74) is 0.781. The number of amides is 1. The zero-order valence-electron chi connectivity index (χ0n) is 16.7. The number of nitrogens with one attached hydrogen (secondary N) is 2. The lowest BCUT2D eigenvalue weighted by atomic mass is 9.95. The van der Waals surface area contributed by atoms with E-state index in [0.29, 0.717) is 43.3 Å². The number of hydrogen-bond donors (Lipinski definition) is 2. The van der Waals surface area contributed by atoms with Crippen LogP contribution in [0.25, 0.3) is 28.1 Å². The molecule has 1 saturated heterocycles. The SMILES string of the molecule is COc1ccc(C=C2SC(=S)NC2=O)cc1-c1cc2[nH]c(C(F)(F)F)cc(=O)c2cc1C. The topological polar surface area (TPSA) is 71.2 Å². The molecule has 4 rings (SSSR count). The largest absolute Gasteiger partial charge is 0.496 e. The molecule has 2 heterocycles. The molecule has 2 N–H and O–H groups in total. The van der Waals surface area contributed by atoms with Gasteiger partial charge < -0.3 is 15.0 Å². The van der Waals surface area contributed by atoms with E-state index < -0.39 is 17.3 Å². The predicted octanol–water partition coefficient (Wildman–Crippen LogP) is 5.02. The van der Waals surface area contributed by atoms with Crippen molar-refractivity contribution in [2.24, 2.45) is 0 Å². The number of pyridine rings is 1. The highest BCUT2D eigenvalue weighted by molar-refractivity contribution is 8.26. The van der Waals surface area contributed by atoms with E-state index in [4.69, 9.17) is 17.0 Å². The number of H-pyrrole nitrogens is 1. The number of benzene rings is 2. The van der Waals surface area contributed by atoms with Crippen molar-refractivity contribution in [3.63, 3.8) is 0 Å². The fourth-order valence-corrected chi connectivity index (χ4v) is 4.49. The molecular formula is C22H15F3N2O3S2. The second kappa shape index (κ2) is 8.10. The zero-order chi connectivity index (χ0) is 23.2. The molecular weight excluding hydrogens is 461 g/mol. The minimum absolute atomic E-state index is 0.0623. The van der Waals surface area contributed by atoms with Crippen LogP contribution in [0.15, 0.2) is 46.1 Å². The number of alkyl halides is 3. The minimum atomic E-state index is -4.68. The third-order valence-electron chi connectivity index (χ3n) is 4.93. The van der Waals surface area contributed by atoms with Crippen molar-refractivity contribution in [1.29, 1.82) is 0 Å². The second-order valence-electron chi connectivity index (χ2n) is 7.07. The van der Waals surface area contributed by atoms with Crippen molar-refractivity contribution < 1.29 is 22.7 Å². The molecule has 3 aromatic rings. The standard InChI is InChI=1S/C22H15F3N2O3S2/c1-10-5-14-15(26-19(9-16(14)28)22(23,24)25)8-12(10)13-6-11(3-4-17(13)30-2)7-18-20(29)27-21(31)32-18/h3-9H,1-2H3,(H,26,28)(H,27,29,31). The number of carbonyl (C=O) groups is 1. The Bertz CT molecular complexity index is 1380. The fourth-order valence-electron chi connectivity index (χ4n) is 3.45. The Morgan fingerprint density at radius 1 is 1.09 bits per heavy atom. The molecule has 0 saturated carbocycles. The number of aryl methyl sites for hydroxylation is 1. The molecule has 1 aliphatic heterocycles. The van der Waals surface area contributed by atoms with Gasteiger partial charge in [-0.05, 0) is 54.0 Å². The van der Waals surface area contributed by atoms with Crippen LogP contribution in [0, 0.1) is 6.92 Å². The van der Waals surface area contributed by atoms with Gasteiger partial charge in [-0.1, -0.05) is 30.0 Å².